The number of piperidine rings is 1. The average Bonchev–Trinajstić information content (AvgIpc) is 2.66. The van der Waals surface area contributed by atoms with Gasteiger partial charge in [0.25, 0.3) is 0 Å². The van der Waals surface area contributed by atoms with Crippen molar-refractivity contribution in [1.82, 2.24) is 5.32 Å². The van der Waals surface area contributed by atoms with Gasteiger partial charge in [0.15, 0.2) is 0 Å². The number of aliphatic imine (C=N–C) groups is 1. The summed E-state index contributed by atoms with van der Waals surface area (Å²) in [5.74, 6) is -0.828. The summed E-state index contributed by atoms with van der Waals surface area (Å²) in [6.45, 7) is 1.76. The van der Waals surface area contributed by atoms with Crippen molar-refractivity contribution in [2.24, 2.45) is 4.99 Å². The van der Waals surface area contributed by atoms with Gasteiger partial charge in [-0.05, 0) is 36.3 Å². The zero-order valence-electron chi connectivity index (χ0n) is 8.79. The van der Waals surface area contributed by atoms with Crippen LogP contribution in [0.5, 0.6) is 0 Å². The van der Waals surface area contributed by atoms with Crippen molar-refractivity contribution >= 4 is 11.7 Å². The minimum Gasteiger partial charge on any atom is -0.478 e. The van der Waals surface area contributed by atoms with E-state index in [0.717, 1.165) is 36.5 Å². The first-order valence-electron chi connectivity index (χ1n) is 5.41. The fraction of sp³-hybridized carbons (Fsp3) is 0.333. The van der Waals surface area contributed by atoms with E-state index in [-0.39, 0.29) is 0 Å². The van der Waals surface area contributed by atoms with Crippen LogP contribution in [0.15, 0.2) is 39.6 Å². The molecule has 0 aromatic carbocycles. The van der Waals surface area contributed by atoms with Crippen LogP contribution in [0.3, 0.4) is 0 Å². The van der Waals surface area contributed by atoms with Gasteiger partial charge < -0.3 is 10.4 Å². The van der Waals surface area contributed by atoms with E-state index in [0.29, 0.717) is 12.0 Å². The number of fused-ring (bicyclic) bond motifs is 2. The largest absolute Gasteiger partial charge is 0.478 e. The molecule has 16 heavy (non-hydrogen) atoms. The molecule has 1 fully saturated rings. The Kier molecular flexibility index (Phi) is 2.04. The molecule has 2 N–H and O–H groups in total. The van der Waals surface area contributed by atoms with Gasteiger partial charge in [-0.3, -0.25) is 4.99 Å². The number of aliphatic carboxylic acids is 1. The number of nitrogens with zero attached hydrogens (tertiary/aromatic N) is 1. The van der Waals surface area contributed by atoms with Gasteiger partial charge in [0, 0.05) is 18.5 Å². The lowest BCUT2D eigenvalue weighted by Gasteiger charge is -2.17. The van der Waals surface area contributed by atoms with Crippen LogP contribution in [0.1, 0.15) is 12.8 Å². The summed E-state index contributed by atoms with van der Waals surface area (Å²) >= 11 is 0. The monoisotopic (exact) mass is 216 g/mol. The first-order chi connectivity index (χ1) is 7.75. The van der Waals surface area contributed by atoms with Gasteiger partial charge in [-0.1, -0.05) is 0 Å². The molecule has 3 aliphatic rings. The number of allylic oxidation sites excluding steroid dienone is 3. The second kappa shape index (κ2) is 3.42. The Balaban J connectivity index is 2.01. The zero-order chi connectivity index (χ0) is 11.1. The van der Waals surface area contributed by atoms with Crippen molar-refractivity contribution in [3.05, 3.63) is 34.6 Å². The smallest absolute Gasteiger partial charge is 0.331 e. The first kappa shape index (κ1) is 9.54. The Morgan fingerprint density at radius 3 is 3.06 bits per heavy atom. The molecule has 0 radical (unpaired) electrons. The van der Waals surface area contributed by atoms with Crippen molar-refractivity contribution in [2.45, 2.75) is 12.8 Å². The van der Waals surface area contributed by atoms with Crippen molar-refractivity contribution in [1.29, 1.82) is 0 Å². The highest BCUT2D eigenvalue weighted by Gasteiger charge is 2.28. The molecule has 0 unspecified atom stereocenters. The normalized spacial score (nSPS) is 23.1. The van der Waals surface area contributed by atoms with Crippen LogP contribution < -0.4 is 5.32 Å². The highest BCUT2D eigenvalue weighted by atomic mass is 16.4. The van der Waals surface area contributed by atoms with Crippen molar-refractivity contribution < 1.29 is 9.90 Å². The molecular weight excluding hydrogens is 204 g/mol. The van der Waals surface area contributed by atoms with Crippen LogP contribution in [0.4, 0.5) is 0 Å². The van der Waals surface area contributed by atoms with E-state index in [4.69, 9.17) is 5.11 Å². The summed E-state index contributed by atoms with van der Waals surface area (Å²) in [4.78, 5) is 15.5. The summed E-state index contributed by atoms with van der Waals surface area (Å²) in [6.07, 6.45) is 4.96. The first-order valence-corrected chi connectivity index (χ1v) is 5.41. The molecular formula is C12H12N2O2. The van der Waals surface area contributed by atoms with Gasteiger partial charge in [-0.25, -0.2) is 4.79 Å². The summed E-state index contributed by atoms with van der Waals surface area (Å²) in [5, 5.41) is 12.3. The summed E-state index contributed by atoms with van der Waals surface area (Å²) in [7, 11) is 0. The Bertz CT molecular complexity index is 495. The second-order valence-corrected chi connectivity index (χ2v) is 4.17. The van der Waals surface area contributed by atoms with Gasteiger partial charge in [-0.2, -0.15) is 0 Å². The van der Waals surface area contributed by atoms with Crippen LogP contribution in [0, 0.1) is 0 Å². The number of carboxylic acids is 1. The predicted octanol–water partition coefficient (Wildman–Crippen LogP) is 1.03. The molecule has 0 aromatic rings. The molecule has 0 amide bonds. The van der Waals surface area contributed by atoms with E-state index in [1.54, 1.807) is 6.08 Å². The summed E-state index contributed by atoms with van der Waals surface area (Å²) in [6, 6.07) is 0. The van der Waals surface area contributed by atoms with Gasteiger partial charge >= 0.3 is 5.97 Å². The zero-order valence-corrected chi connectivity index (χ0v) is 8.79. The molecule has 0 aromatic heterocycles. The number of rotatable bonds is 1. The number of carboxylic acid groups (broad SMARTS) is 1. The van der Waals surface area contributed by atoms with Crippen LogP contribution in [0.2, 0.25) is 0 Å². The van der Waals surface area contributed by atoms with Crippen molar-refractivity contribution in [3.8, 4) is 0 Å². The Labute approximate surface area is 93.1 Å². The second-order valence-electron chi connectivity index (χ2n) is 4.17. The third-order valence-electron chi connectivity index (χ3n) is 3.21. The molecule has 3 rings (SSSR count). The lowest BCUT2D eigenvalue weighted by Crippen LogP contribution is -2.31. The van der Waals surface area contributed by atoms with E-state index in [1.807, 2.05) is 6.08 Å². The van der Waals surface area contributed by atoms with Crippen molar-refractivity contribution in [2.75, 3.05) is 13.1 Å². The van der Waals surface area contributed by atoms with E-state index < -0.39 is 5.97 Å². The Morgan fingerprint density at radius 2 is 2.25 bits per heavy atom. The minimum atomic E-state index is -0.828. The maximum Gasteiger partial charge on any atom is 0.331 e. The molecule has 2 heterocycles. The highest BCUT2D eigenvalue weighted by molar-refractivity contribution is 6.07. The summed E-state index contributed by atoms with van der Waals surface area (Å²) < 4.78 is 0. The van der Waals surface area contributed by atoms with Crippen LogP contribution >= 0.6 is 0 Å². The third-order valence-corrected chi connectivity index (χ3v) is 3.21. The number of hydrogen-bond acceptors (Lipinski definition) is 3. The molecule has 0 atom stereocenters. The van der Waals surface area contributed by atoms with Gasteiger partial charge in [-0.15, -0.1) is 0 Å². The SMILES string of the molecule is O=C(O)C1=CC=C2N=C3CNCCC3=C2C1. The number of hydrogen-bond donors (Lipinski definition) is 2. The lowest BCUT2D eigenvalue weighted by molar-refractivity contribution is -0.132. The Hall–Kier alpha value is -1.68. The topological polar surface area (TPSA) is 61.7 Å². The van der Waals surface area contributed by atoms with Crippen LogP contribution in [0.25, 0.3) is 0 Å². The standard InChI is InChI=1S/C12H12N2O2/c15-12(16)7-1-2-10-9(5-7)8-3-4-13-6-11(8)14-10/h1-2,13H,3-6H2,(H,15,16). The van der Waals surface area contributed by atoms with Gasteiger partial charge in [0.05, 0.1) is 11.4 Å². The third kappa shape index (κ3) is 1.34. The van der Waals surface area contributed by atoms with Gasteiger partial charge in [0.2, 0.25) is 0 Å². The quantitative estimate of drug-likeness (QED) is 0.688. The summed E-state index contributed by atoms with van der Waals surface area (Å²) in [5.41, 5.74) is 4.89. The van der Waals surface area contributed by atoms with E-state index >= 15 is 0 Å². The molecule has 0 spiro atoms. The molecule has 0 bridgehead atoms. The molecule has 1 aliphatic carbocycles. The molecule has 4 nitrogen and oxygen atoms in total. The maximum atomic E-state index is 10.9. The highest BCUT2D eigenvalue weighted by Crippen LogP contribution is 2.35. The minimum absolute atomic E-state index is 0.459. The van der Waals surface area contributed by atoms with E-state index in [2.05, 4.69) is 10.3 Å². The Morgan fingerprint density at radius 1 is 1.38 bits per heavy atom. The molecule has 0 saturated carbocycles. The van der Waals surface area contributed by atoms with Crippen LogP contribution in [-0.4, -0.2) is 29.9 Å². The average molecular weight is 216 g/mol. The van der Waals surface area contributed by atoms with Crippen LogP contribution in [-0.2, 0) is 4.79 Å². The van der Waals surface area contributed by atoms with E-state index in [1.165, 1.54) is 5.57 Å². The lowest BCUT2D eigenvalue weighted by atomic mass is 9.91. The van der Waals surface area contributed by atoms with Gasteiger partial charge in [0.1, 0.15) is 0 Å². The fourth-order valence-electron chi connectivity index (χ4n) is 2.38. The molecule has 4 heteroatoms. The predicted molar refractivity (Wildman–Crippen MR) is 60.4 cm³/mol. The van der Waals surface area contributed by atoms with Crippen molar-refractivity contribution in [3.63, 3.8) is 0 Å². The van der Waals surface area contributed by atoms with E-state index in [9.17, 15) is 4.79 Å². The number of nitrogens with one attached hydrogen (secondary N) is 1. The molecule has 82 valence electrons. The number of carbonyl (C=O) groups is 1. The molecule has 2 aliphatic heterocycles. The maximum absolute atomic E-state index is 10.9. The molecule has 1 saturated heterocycles. The fourth-order valence-corrected chi connectivity index (χ4v) is 2.38.